The molecule has 1 aliphatic heterocycles. The minimum absolute atomic E-state index is 0.102. The van der Waals surface area contributed by atoms with Crippen LogP contribution in [0.2, 0.25) is 0 Å². The molecule has 0 bridgehead atoms. The fraction of sp³-hybridized carbons (Fsp3) is 0.500. The zero-order valence-electron chi connectivity index (χ0n) is 9.45. The van der Waals surface area contributed by atoms with E-state index in [4.69, 9.17) is 9.47 Å². The van der Waals surface area contributed by atoms with Gasteiger partial charge in [0.25, 0.3) is 6.43 Å². The van der Waals surface area contributed by atoms with Crippen LogP contribution in [0.15, 0.2) is 12.1 Å². The van der Waals surface area contributed by atoms with Crippen molar-refractivity contribution in [3.63, 3.8) is 0 Å². The third-order valence-corrected chi connectivity index (χ3v) is 2.55. The molecule has 1 heterocycles. The van der Waals surface area contributed by atoms with Crippen LogP contribution in [0.4, 0.5) is 8.78 Å². The molecule has 1 atom stereocenters. The molecule has 1 aromatic rings. The van der Waals surface area contributed by atoms with Crippen molar-refractivity contribution in [3.8, 4) is 11.5 Å². The van der Waals surface area contributed by atoms with Crippen LogP contribution in [-0.4, -0.2) is 24.4 Å². The highest BCUT2D eigenvalue weighted by molar-refractivity contribution is 5.48. The van der Waals surface area contributed by atoms with E-state index >= 15 is 0 Å². The molecule has 3 nitrogen and oxygen atoms in total. The molecule has 0 saturated carbocycles. The second-order valence-electron chi connectivity index (χ2n) is 4.05. The fourth-order valence-corrected chi connectivity index (χ4v) is 1.84. The monoisotopic (exact) mass is 244 g/mol. The summed E-state index contributed by atoms with van der Waals surface area (Å²) in [6, 6.07) is 2.83. The number of fused-ring (bicyclic) bond motifs is 1. The Kier molecular flexibility index (Phi) is 3.47. The largest absolute Gasteiger partial charge is 0.486 e. The van der Waals surface area contributed by atoms with Crippen LogP contribution in [0.3, 0.4) is 0 Å². The first-order valence-corrected chi connectivity index (χ1v) is 5.46. The van der Waals surface area contributed by atoms with Crippen molar-refractivity contribution in [2.45, 2.75) is 25.9 Å². The molecule has 0 fully saturated rings. The maximum absolute atomic E-state index is 12.9. The molecular weight excluding hydrogens is 230 g/mol. The van der Waals surface area contributed by atoms with Gasteiger partial charge >= 0.3 is 0 Å². The molecular formula is C12H14F2O3. The number of benzene rings is 1. The lowest BCUT2D eigenvalue weighted by Gasteiger charge is -2.21. The van der Waals surface area contributed by atoms with Gasteiger partial charge in [-0.25, -0.2) is 8.78 Å². The van der Waals surface area contributed by atoms with Crippen molar-refractivity contribution in [2.24, 2.45) is 0 Å². The van der Waals surface area contributed by atoms with Crippen LogP contribution in [0.1, 0.15) is 24.5 Å². The van der Waals surface area contributed by atoms with Crippen molar-refractivity contribution < 1.29 is 23.4 Å². The first-order valence-electron chi connectivity index (χ1n) is 5.46. The van der Waals surface area contributed by atoms with E-state index in [-0.39, 0.29) is 12.0 Å². The zero-order chi connectivity index (χ0) is 12.4. The summed E-state index contributed by atoms with van der Waals surface area (Å²) in [6.07, 6.45) is -3.08. The molecule has 0 spiro atoms. The lowest BCUT2D eigenvalue weighted by Crippen LogP contribution is -2.17. The van der Waals surface area contributed by atoms with Crippen LogP contribution in [0.5, 0.6) is 11.5 Å². The van der Waals surface area contributed by atoms with Crippen molar-refractivity contribution in [2.75, 3.05) is 13.2 Å². The van der Waals surface area contributed by atoms with E-state index in [0.29, 0.717) is 30.3 Å². The van der Waals surface area contributed by atoms with E-state index in [2.05, 4.69) is 0 Å². The quantitative estimate of drug-likeness (QED) is 0.886. The number of hydrogen-bond donors (Lipinski definition) is 1. The van der Waals surface area contributed by atoms with Crippen molar-refractivity contribution in [1.82, 2.24) is 0 Å². The smallest absolute Gasteiger partial charge is 0.264 e. The number of alkyl halides is 2. The third kappa shape index (κ3) is 2.66. The Morgan fingerprint density at radius 3 is 2.35 bits per heavy atom. The zero-order valence-corrected chi connectivity index (χ0v) is 9.45. The summed E-state index contributed by atoms with van der Waals surface area (Å²) in [5.41, 5.74) is 0.300. The maximum Gasteiger partial charge on any atom is 0.264 e. The minimum atomic E-state index is -2.58. The van der Waals surface area contributed by atoms with Gasteiger partial charge in [0.2, 0.25) is 0 Å². The van der Waals surface area contributed by atoms with E-state index < -0.39 is 12.5 Å². The summed E-state index contributed by atoms with van der Waals surface area (Å²) in [4.78, 5) is 0. The minimum Gasteiger partial charge on any atom is -0.486 e. The summed E-state index contributed by atoms with van der Waals surface area (Å²) < 4.78 is 36.3. The number of aliphatic hydroxyl groups excluding tert-OH is 1. The second-order valence-corrected chi connectivity index (χ2v) is 4.05. The highest BCUT2D eigenvalue weighted by atomic mass is 19.3. The Bertz CT molecular complexity index is 405. The Morgan fingerprint density at radius 2 is 1.82 bits per heavy atom. The Balaban J connectivity index is 2.40. The van der Waals surface area contributed by atoms with E-state index in [0.717, 1.165) is 0 Å². The lowest BCUT2D eigenvalue weighted by molar-refractivity contribution is 0.143. The molecule has 5 heteroatoms. The highest BCUT2D eigenvalue weighted by Gasteiger charge is 2.21. The standard InChI is InChI=1S/C12H14F2O3/c1-7(15)4-8-5-10-11(17-3-2-16-10)6-9(8)12(13)14/h5-7,12,15H,2-4H2,1H3. The topological polar surface area (TPSA) is 38.7 Å². The second kappa shape index (κ2) is 4.87. The normalized spacial score (nSPS) is 16.1. The van der Waals surface area contributed by atoms with Gasteiger partial charge in [-0.15, -0.1) is 0 Å². The third-order valence-electron chi connectivity index (χ3n) is 2.55. The summed E-state index contributed by atoms with van der Waals surface area (Å²) in [5, 5.41) is 9.30. The average Bonchev–Trinajstić information content (AvgIpc) is 2.27. The molecule has 1 unspecified atom stereocenters. The molecule has 1 aliphatic rings. The molecule has 1 aromatic carbocycles. The molecule has 17 heavy (non-hydrogen) atoms. The van der Waals surface area contributed by atoms with Crippen LogP contribution in [0.25, 0.3) is 0 Å². The van der Waals surface area contributed by atoms with Crippen LogP contribution < -0.4 is 9.47 Å². The van der Waals surface area contributed by atoms with E-state index in [1.165, 1.54) is 12.1 Å². The molecule has 1 N–H and O–H groups in total. The van der Waals surface area contributed by atoms with Gasteiger partial charge < -0.3 is 14.6 Å². The van der Waals surface area contributed by atoms with Gasteiger partial charge in [0.1, 0.15) is 13.2 Å². The van der Waals surface area contributed by atoms with Crippen LogP contribution in [-0.2, 0) is 6.42 Å². The molecule has 0 amide bonds. The van der Waals surface area contributed by atoms with Gasteiger partial charge in [-0.05, 0) is 31.0 Å². The molecule has 0 radical (unpaired) electrons. The fourth-order valence-electron chi connectivity index (χ4n) is 1.84. The molecule has 0 aliphatic carbocycles. The Labute approximate surface area is 98.0 Å². The van der Waals surface area contributed by atoms with Gasteiger partial charge in [-0.2, -0.15) is 0 Å². The summed E-state index contributed by atoms with van der Waals surface area (Å²) >= 11 is 0. The van der Waals surface area contributed by atoms with E-state index in [1.807, 2.05) is 0 Å². The van der Waals surface area contributed by atoms with Crippen molar-refractivity contribution in [1.29, 1.82) is 0 Å². The first-order chi connectivity index (χ1) is 8.08. The highest BCUT2D eigenvalue weighted by Crippen LogP contribution is 2.37. The molecule has 94 valence electrons. The average molecular weight is 244 g/mol. The number of rotatable bonds is 3. The molecule has 2 rings (SSSR count). The molecule has 0 saturated heterocycles. The van der Waals surface area contributed by atoms with Gasteiger partial charge in [-0.1, -0.05) is 0 Å². The van der Waals surface area contributed by atoms with Crippen LogP contribution >= 0.6 is 0 Å². The predicted octanol–water partition coefficient (Wildman–Crippen LogP) is 2.32. The summed E-state index contributed by atoms with van der Waals surface area (Å²) in [7, 11) is 0. The van der Waals surface area contributed by atoms with Gasteiger partial charge in [0.05, 0.1) is 6.10 Å². The van der Waals surface area contributed by atoms with Gasteiger partial charge in [-0.3, -0.25) is 0 Å². The Morgan fingerprint density at radius 1 is 1.24 bits per heavy atom. The van der Waals surface area contributed by atoms with Crippen LogP contribution in [0, 0.1) is 0 Å². The van der Waals surface area contributed by atoms with E-state index in [9.17, 15) is 13.9 Å². The number of hydrogen-bond acceptors (Lipinski definition) is 3. The Hall–Kier alpha value is -1.36. The van der Waals surface area contributed by atoms with Gasteiger partial charge in [0.15, 0.2) is 11.5 Å². The van der Waals surface area contributed by atoms with Crippen molar-refractivity contribution >= 4 is 0 Å². The maximum atomic E-state index is 12.9. The van der Waals surface area contributed by atoms with Crippen molar-refractivity contribution in [3.05, 3.63) is 23.3 Å². The predicted molar refractivity (Wildman–Crippen MR) is 57.8 cm³/mol. The SMILES string of the molecule is CC(O)Cc1cc2c(cc1C(F)F)OCCO2. The molecule has 0 aromatic heterocycles. The first kappa shape index (κ1) is 12.1. The summed E-state index contributed by atoms with van der Waals surface area (Å²) in [5.74, 6) is 0.817. The van der Waals surface area contributed by atoms with E-state index in [1.54, 1.807) is 6.92 Å². The number of aliphatic hydroxyl groups is 1. The van der Waals surface area contributed by atoms with Gasteiger partial charge in [0, 0.05) is 5.56 Å². The number of ether oxygens (including phenoxy) is 2. The lowest BCUT2D eigenvalue weighted by atomic mass is 10.0. The summed E-state index contributed by atoms with van der Waals surface area (Å²) in [6.45, 7) is 2.34. The number of halogens is 2.